The number of sulfonamides is 1. The molecule has 1 N–H and O–H groups in total. The molecule has 156 valence electrons. The van der Waals surface area contributed by atoms with Crippen molar-refractivity contribution in [2.75, 3.05) is 11.8 Å². The highest BCUT2D eigenvalue weighted by atomic mass is 32.2. The SMILES string of the molecule is COC1=CCCC=C1Sc1ccc(S(=O)(=O)Nc2cccc(F)c2F)c2nonc12. The average molecular weight is 451 g/mol. The zero-order valence-corrected chi connectivity index (χ0v) is 17.2. The number of nitrogens with zero attached hydrogens (tertiary/aromatic N) is 2. The highest BCUT2D eigenvalue weighted by molar-refractivity contribution is 8.03. The monoisotopic (exact) mass is 451 g/mol. The van der Waals surface area contributed by atoms with Gasteiger partial charge in [-0.2, -0.15) is 0 Å². The largest absolute Gasteiger partial charge is 0.496 e. The summed E-state index contributed by atoms with van der Waals surface area (Å²) in [6, 6.07) is 6.07. The number of hydrogen-bond donors (Lipinski definition) is 1. The van der Waals surface area contributed by atoms with E-state index in [1.807, 2.05) is 16.9 Å². The van der Waals surface area contributed by atoms with Gasteiger partial charge < -0.3 is 4.74 Å². The number of aromatic nitrogens is 2. The first-order valence-corrected chi connectivity index (χ1v) is 11.1. The van der Waals surface area contributed by atoms with Crippen LogP contribution in [-0.4, -0.2) is 25.8 Å². The first-order chi connectivity index (χ1) is 14.4. The summed E-state index contributed by atoms with van der Waals surface area (Å²) in [6.45, 7) is 0. The molecule has 1 aliphatic rings. The van der Waals surface area contributed by atoms with Crippen LogP contribution < -0.4 is 4.72 Å². The molecule has 1 aliphatic carbocycles. The molecule has 0 saturated carbocycles. The molecule has 0 radical (unpaired) electrons. The minimum Gasteiger partial charge on any atom is -0.496 e. The summed E-state index contributed by atoms with van der Waals surface area (Å²) in [5.41, 5.74) is -0.312. The maximum atomic E-state index is 13.9. The van der Waals surface area contributed by atoms with E-state index in [-0.39, 0.29) is 15.9 Å². The Morgan fingerprint density at radius 2 is 1.87 bits per heavy atom. The molecule has 0 spiro atoms. The molecule has 0 fully saturated rings. The van der Waals surface area contributed by atoms with Gasteiger partial charge in [-0.25, -0.2) is 21.8 Å². The van der Waals surface area contributed by atoms with Gasteiger partial charge in [0.1, 0.15) is 10.7 Å². The zero-order valence-electron chi connectivity index (χ0n) is 15.6. The topological polar surface area (TPSA) is 94.3 Å². The third kappa shape index (κ3) is 3.77. The summed E-state index contributed by atoms with van der Waals surface area (Å²) in [5, 5.41) is 7.53. The maximum Gasteiger partial charge on any atom is 0.264 e. The lowest BCUT2D eigenvalue weighted by atomic mass is 10.2. The zero-order chi connectivity index (χ0) is 21.3. The van der Waals surface area contributed by atoms with Gasteiger partial charge in [-0.15, -0.1) is 0 Å². The Morgan fingerprint density at radius 1 is 1.10 bits per heavy atom. The Hall–Kier alpha value is -2.92. The number of ether oxygens (including phenoxy) is 1. The molecule has 0 unspecified atom stereocenters. The summed E-state index contributed by atoms with van der Waals surface area (Å²) in [5.74, 6) is -1.75. The Kier molecular flexibility index (Phi) is 5.48. The van der Waals surface area contributed by atoms with Gasteiger partial charge in [0.2, 0.25) is 0 Å². The number of anilines is 1. The number of thioether (sulfide) groups is 1. The van der Waals surface area contributed by atoms with Crippen molar-refractivity contribution in [2.24, 2.45) is 0 Å². The van der Waals surface area contributed by atoms with Gasteiger partial charge in [0.05, 0.1) is 17.7 Å². The number of halogens is 2. The summed E-state index contributed by atoms with van der Waals surface area (Å²) in [6.07, 6.45) is 5.71. The summed E-state index contributed by atoms with van der Waals surface area (Å²) in [7, 11) is -2.72. The molecule has 30 heavy (non-hydrogen) atoms. The summed E-state index contributed by atoms with van der Waals surface area (Å²) in [4.78, 5) is 1.20. The van der Waals surface area contributed by atoms with E-state index in [0.29, 0.717) is 4.90 Å². The van der Waals surface area contributed by atoms with E-state index in [4.69, 9.17) is 9.37 Å². The number of rotatable bonds is 6. The molecule has 7 nitrogen and oxygen atoms in total. The van der Waals surface area contributed by atoms with E-state index < -0.39 is 27.3 Å². The molecule has 4 rings (SSSR count). The van der Waals surface area contributed by atoms with Crippen LogP contribution in [0.4, 0.5) is 14.5 Å². The normalized spacial score (nSPS) is 14.4. The number of hydrogen-bond acceptors (Lipinski definition) is 7. The molecule has 3 aromatic rings. The van der Waals surface area contributed by atoms with Crippen molar-refractivity contribution >= 4 is 38.5 Å². The van der Waals surface area contributed by atoms with Crippen LogP contribution in [0.3, 0.4) is 0 Å². The number of methoxy groups -OCH3 is 1. The maximum absolute atomic E-state index is 13.9. The van der Waals surface area contributed by atoms with Crippen molar-refractivity contribution in [1.82, 2.24) is 10.3 Å². The standard InChI is InChI=1S/C19H15F2N3O4S2/c1-27-13-7-2-3-8-14(13)29-15-9-10-16(19-18(15)22-28-23-19)30(25,26)24-12-6-4-5-11(20)17(12)21/h4-10,24H,2-3H2,1H3. The number of benzene rings is 2. The van der Waals surface area contributed by atoms with Gasteiger partial charge in [0.25, 0.3) is 10.0 Å². The van der Waals surface area contributed by atoms with Crippen LogP contribution in [0.1, 0.15) is 12.8 Å². The second-order valence-electron chi connectivity index (χ2n) is 6.25. The van der Waals surface area contributed by atoms with Crippen LogP contribution in [0, 0.1) is 11.6 Å². The van der Waals surface area contributed by atoms with Crippen LogP contribution in [-0.2, 0) is 14.8 Å². The Labute approximate surface area is 174 Å². The minimum absolute atomic E-state index is 0.0244. The number of nitrogens with one attached hydrogen (secondary N) is 1. The van der Waals surface area contributed by atoms with E-state index in [1.54, 1.807) is 13.2 Å². The molecule has 1 aromatic heterocycles. The van der Waals surface area contributed by atoms with Crippen LogP contribution >= 0.6 is 11.8 Å². The molecule has 1 heterocycles. The fourth-order valence-corrected chi connectivity index (χ4v) is 5.19. The molecule has 11 heteroatoms. The van der Waals surface area contributed by atoms with E-state index in [1.165, 1.54) is 23.9 Å². The van der Waals surface area contributed by atoms with Crippen LogP contribution in [0.5, 0.6) is 0 Å². The van der Waals surface area contributed by atoms with Crippen molar-refractivity contribution in [2.45, 2.75) is 22.6 Å². The molecule has 0 aliphatic heterocycles. The van der Waals surface area contributed by atoms with Gasteiger partial charge in [-0.05, 0) is 53.5 Å². The van der Waals surface area contributed by atoms with Crippen molar-refractivity contribution in [3.63, 3.8) is 0 Å². The highest BCUT2D eigenvalue weighted by Crippen LogP contribution is 2.39. The minimum atomic E-state index is -4.29. The van der Waals surface area contributed by atoms with Crippen molar-refractivity contribution < 1.29 is 26.6 Å². The quantitative estimate of drug-likeness (QED) is 0.585. The predicted molar refractivity (Wildman–Crippen MR) is 107 cm³/mol. The second kappa shape index (κ2) is 8.07. The molecule has 0 amide bonds. The second-order valence-corrected chi connectivity index (χ2v) is 8.99. The highest BCUT2D eigenvalue weighted by Gasteiger charge is 2.25. The first-order valence-electron chi connectivity index (χ1n) is 8.75. The van der Waals surface area contributed by atoms with Crippen molar-refractivity contribution in [3.8, 4) is 0 Å². The Bertz CT molecular complexity index is 1290. The molecule has 2 aromatic carbocycles. The van der Waals surface area contributed by atoms with Crippen LogP contribution in [0.25, 0.3) is 11.0 Å². The van der Waals surface area contributed by atoms with E-state index in [0.717, 1.165) is 35.6 Å². The lowest BCUT2D eigenvalue weighted by Crippen LogP contribution is -2.15. The van der Waals surface area contributed by atoms with Gasteiger partial charge >= 0.3 is 0 Å². The van der Waals surface area contributed by atoms with Gasteiger partial charge in [0.15, 0.2) is 22.7 Å². The number of fused-ring (bicyclic) bond motifs is 1. The summed E-state index contributed by atoms with van der Waals surface area (Å²) < 4.78 is 65.2. The first kappa shape index (κ1) is 20.4. The molecular weight excluding hydrogens is 436 g/mol. The third-order valence-corrected chi connectivity index (χ3v) is 6.87. The van der Waals surface area contributed by atoms with Gasteiger partial charge in [0, 0.05) is 4.90 Å². The third-order valence-electron chi connectivity index (χ3n) is 4.34. The fraction of sp³-hybridized carbons (Fsp3) is 0.158. The van der Waals surface area contributed by atoms with Crippen molar-refractivity contribution in [1.29, 1.82) is 0 Å². The van der Waals surface area contributed by atoms with Crippen molar-refractivity contribution in [3.05, 3.63) is 64.8 Å². The van der Waals surface area contributed by atoms with Crippen LogP contribution in [0.2, 0.25) is 0 Å². The lowest BCUT2D eigenvalue weighted by Gasteiger charge is -2.15. The van der Waals surface area contributed by atoms with E-state index in [9.17, 15) is 17.2 Å². The Balaban J connectivity index is 1.71. The summed E-state index contributed by atoms with van der Waals surface area (Å²) >= 11 is 1.34. The van der Waals surface area contributed by atoms with Gasteiger partial charge in [-0.3, -0.25) is 4.72 Å². The van der Waals surface area contributed by atoms with E-state index in [2.05, 4.69) is 10.3 Å². The van der Waals surface area contributed by atoms with Gasteiger partial charge in [-0.1, -0.05) is 23.9 Å². The number of allylic oxidation sites excluding steroid dienone is 2. The smallest absolute Gasteiger partial charge is 0.264 e. The molecule has 0 atom stereocenters. The predicted octanol–water partition coefficient (Wildman–Crippen LogP) is 4.60. The van der Waals surface area contributed by atoms with E-state index >= 15 is 0 Å². The van der Waals surface area contributed by atoms with Crippen LogP contribution in [0.15, 0.2) is 67.6 Å². The molecule has 0 bridgehead atoms. The Morgan fingerprint density at radius 3 is 2.67 bits per heavy atom. The average Bonchev–Trinajstić information content (AvgIpc) is 3.22. The fourth-order valence-electron chi connectivity index (χ4n) is 2.93. The lowest BCUT2D eigenvalue weighted by molar-refractivity contribution is 0.302. The molecule has 0 saturated heterocycles. The molecular formula is C19H15F2N3O4S2.